The third-order valence-corrected chi connectivity index (χ3v) is 20.2. The summed E-state index contributed by atoms with van der Waals surface area (Å²) in [6.45, 7) is 10.8. The number of amides is 3. The number of aromatic nitrogens is 3. The first-order valence-electron chi connectivity index (χ1n) is 36.9. The highest BCUT2D eigenvalue weighted by Crippen LogP contribution is 2.39. The molecule has 8 aromatic carbocycles. The van der Waals surface area contributed by atoms with E-state index in [0.717, 1.165) is 69.3 Å². The summed E-state index contributed by atoms with van der Waals surface area (Å²) in [5.41, 5.74) is 11.3. The zero-order valence-electron chi connectivity index (χ0n) is 60.6. The molecule has 8 heterocycles. The summed E-state index contributed by atoms with van der Waals surface area (Å²) in [6.07, 6.45) is 21.6. The number of aromatic hydroxyl groups is 1. The number of carbonyl (C=O) groups excluding carboxylic acids is 3. The lowest BCUT2D eigenvalue weighted by atomic mass is 9.92. The second-order valence-electron chi connectivity index (χ2n) is 27.2. The van der Waals surface area contributed by atoms with Crippen molar-refractivity contribution in [2.45, 2.75) is 69.9 Å². The van der Waals surface area contributed by atoms with Gasteiger partial charge in [-0.15, -0.1) is 13.2 Å². The zero-order chi connectivity index (χ0) is 75.2. The molecule has 18 nitrogen and oxygen atoms in total. The SMILES string of the molecule is C=CCCN1CN(C(c2ccccc2)c2ccccc2CC=C)n2ccc(=O)c(OCc3ccccc3)c2C1=O.O=C1c2c(O)c(=O)ccn2N2CN1CCC=CCc1ccccc1C2c1ccccc1.O=C1c2c(OCc3ccccc3)c(=O)ccn2N2CN1CCC=CCc1ccccc1C2c1ccccc1. The van der Waals surface area contributed by atoms with Crippen LogP contribution in [0.3, 0.4) is 0 Å². The predicted octanol–water partition coefficient (Wildman–Crippen LogP) is 14.1. The maximum atomic E-state index is 13.9. The maximum absolute atomic E-state index is 13.9. The summed E-state index contributed by atoms with van der Waals surface area (Å²) in [6, 6.07) is 78.6. The monoisotopic (exact) mass is 1450 g/mol. The Morgan fingerprint density at radius 1 is 0.440 bits per heavy atom. The molecule has 0 saturated carbocycles. The molecule has 0 spiro atoms. The number of benzene rings is 8. The quantitative estimate of drug-likeness (QED) is 0.0908. The smallest absolute Gasteiger partial charge is 0.277 e. The molecule has 0 saturated heterocycles. The normalized spacial score (nSPS) is 16.0. The molecule has 3 aromatic heterocycles. The van der Waals surface area contributed by atoms with Gasteiger partial charge in [-0.05, 0) is 99.7 Å². The Morgan fingerprint density at radius 3 is 1.40 bits per heavy atom. The molecule has 109 heavy (non-hydrogen) atoms. The minimum atomic E-state index is -0.553. The van der Waals surface area contributed by atoms with E-state index in [1.807, 2.05) is 155 Å². The number of rotatable bonds is 16. The van der Waals surface area contributed by atoms with Crippen molar-refractivity contribution in [3.63, 3.8) is 0 Å². The van der Waals surface area contributed by atoms with Crippen molar-refractivity contribution in [3.8, 4) is 17.2 Å². The standard InChI is InChI=1S/C34H33N3O3.C32H29N3O3.C25H23N3O3/c1-3-5-22-35-25-37(31(28-18-10-7-11-19-28)29-20-13-12-17-27(29)14-4-2)36-23-21-30(38)33(32(36)34(35)39)40-24-26-15-8-6-9-16-26;36-28-19-21-34-30(31(28)38-22-24-12-4-1-5-13-24)32(37)33-20-11-3-8-14-25-15-9-10-18-27(25)29(35(34)23-33)26-16-6-2-7-17-26;29-21-14-16-27-23(24(21)30)25(31)26-15-8-2-5-9-18-10-6-7-13-20(18)22(28(27)17-26)19-11-3-1-4-12-19/h3-4,6-13,15-21,23,31H,1-2,5,14,22,24-25H2;1-10,12-13,15-19,21,29H,11,14,20,22-23H2;1-7,10-14,16,22,30H,8-9,15,17H2. The van der Waals surface area contributed by atoms with E-state index < -0.39 is 11.2 Å². The number of ether oxygens (including phenoxy) is 2. The Hall–Kier alpha value is -13.2. The van der Waals surface area contributed by atoms with Crippen molar-refractivity contribution in [1.82, 2.24) is 28.7 Å². The van der Waals surface area contributed by atoms with Crippen molar-refractivity contribution in [1.29, 1.82) is 0 Å². The lowest BCUT2D eigenvalue weighted by Crippen LogP contribution is -2.55. The summed E-state index contributed by atoms with van der Waals surface area (Å²) in [5.74, 6) is -1.15. The van der Waals surface area contributed by atoms with Crippen LogP contribution in [0, 0.1) is 0 Å². The molecule has 548 valence electrons. The van der Waals surface area contributed by atoms with Crippen LogP contribution in [0.15, 0.2) is 325 Å². The van der Waals surface area contributed by atoms with Crippen molar-refractivity contribution in [3.05, 3.63) is 420 Å². The summed E-state index contributed by atoms with van der Waals surface area (Å²) in [4.78, 5) is 84.8. The summed E-state index contributed by atoms with van der Waals surface area (Å²) in [7, 11) is 0. The molecule has 5 aliphatic rings. The minimum Gasteiger partial charge on any atom is -0.502 e. The third kappa shape index (κ3) is 15.7. The molecule has 3 unspecified atom stereocenters. The first kappa shape index (κ1) is 72.7. The number of pyridine rings is 3. The van der Waals surface area contributed by atoms with E-state index in [9.17, 15) is 33.9 Å². The average Bonchev–Trinajstić information content (AvgIpc) is 1.09. The lowest BCUT2D eigenvalue weighted by molar-refractivity contribution is 0.0672. The Kier molecular flexibility index (Phi) is 22.6. The van der Waals surface area contributed by atoms with Gasteiger partial charge in [0.2, 0.25) is 16.3 Å². The first-order valence-corrected chi connectivity index (χ1v) is 36.9. The van der Waals surface area contributed by atoms with Gasteiger partial charge in [-0.1, -0.05) is 261 Å². The number of hydrogen-bond donors (Lipinski definition) is 1. The molecule has 3 atom stereocenters. The maximum Gasteiger partial charge on any atom is 0.277 e. The minimum absolute atomic E-state index is 0.0142. The Bertz CT molecular complexity index is 5340. The first-order chi connectivity index (χ1) is 53.5. The van der Waals surface area contributed by atoms with Crippen molar-refractivity contribution in [2.75, 3.05) is 54.7 Å². The molecule has 4 bridgehead atoms. The van der Waals surface area contributed by atoms with Gasteiger partial charge in [-0.3, -0.25) is 57.8 Å². The van der Waals surface area contributed by atoms with E-state index in [0.29, 0.717) is 58.9 Å². The Morgan fingerprint density at radius 2 is 0.881 bits per heavy atom. The van der Waals surface area contributed by atoms with Crippen LogP contribution in [-0.4, -0.2) is 91.2 Å². The van der Waals surface area contributed by atoms with Crippen LogP contribution in [-0.2, 0) is 32.5 Å². The molecular weight excluding hydrogens is 1360 g/mol. The van der Waals surface area contributed by atoms with Gasteiger partial charge in [0.05, 0.1) is 18.1 Å². The van der Waals surface area contributed by atoms with Crippen LogP contribution in [0.1, 0.15) is 130 Å². The highest BCUT2D eigenvalue weighted by Gasteiger charge is 2.41. The highest BCUT2D eigenvalue weighted by molar-refractivity contribution is 5.98. The topological polar surface area (TPSA) is 175 Å². The van der Waals surface area contributed by atoms with Crippen molar-refractivity contribution >= 4 is 17.7 Å². The number of fused-ring (bicyclic) bond motifs is 11. The molecule has 1 N–H and O–H groups in total. The van der Waals surface area contributed by atoms with Gasteiger partial charge in [0.25, 0.3) is 17.7 Å². The highest BCUT2D eigenvalue weighted by atomic mass is 16.5. The average molecular weight is 1450 g/mol. The van der Waals surface area contributed by atoms with Crippen LogP contribution in [0.5, 0.6) is 17.2 Å². The molecule has 3 amide bonds. The Balaban J connectivity index is 0.000000138. The van der Waals surface area contributed by atoms with Gasteiger partial charge < -0.3 is 29.3 Å². The fraction of sp³-hybridized carbons (Fsp3) is 0.187. The number of hydrogen-bond acceptors (Lipinski definition) is 12. The van der Waals surface area contributed by atoms with Crippen LogP contribution >= 0.6 is 0 Å². The van der Waals surface area contributed by atoms with E-state index >= 15 is 0 Å². The van der Waals surface area contributed by atoms with Gasteiger partial charge in [0.15, 0.2) is 34.3 Å². The summed E-state index contributed by atoms with van der Waals surface area (Å²) in [5, 5.41) is 16.9. The van der Waals surface area contributed by atoms with Gasteiger partial charge in [0, 0.05) is 56.4 Å². The predicted molar refractivity (Wildman–Crippen MR) is 425 cm³/mol. The van der Waals surface area contributed by atoms with Gasteiger partial charge >= 0.3 is 0 Å². The lowest BCUT2D eigenvalue weighted by Gasteiger charge is -2.44. The molecule has 0 radical (unpaired) electrons. The van der Waals surface area contributed by atoms with Gasteiger partial charge in [0.1, 0.15) is 33.2 Å². The molecule has 0 aliphatic carbocycles. The third-order valence-electron chi connectivity index (χ3n) is 20.2. The fourth-order valence-electron chi connectivity index (χ4n) is 14.9. The molecule has 5 aliphatic heterocycles. The second-order valence-corrected chi connectivity index (χ2v) is 27.2. The number of allylic oxidation sites excluding steroid dienone is 3. The van der Waals surface area contributed by atoms with E-state index in [4.69, 9.17) is 9.47 Å². The van der Waals surface area contributed by atoms with Crippen LogP contribution < -0.4 is 40.8 Å². The number of nitrogens with zero attached hydrogens (tertiary/aromatic N) is 9. The second kappa shape index (κ2) is 33.9. The van der Waals surface area contributed by atoms with E-state index in [1.165, 1.54) is 29.3 Å². The molecule has 16 rings (SSSR count). The molecule has 11 aromatic rings. The fourth-order valence-corrected chi connectivity index (χ4v) is 14.9. The van der Waals surface area contributed by atoms with E-state index in [2.05, 4.69) is 137 Å². The van der Waals surface area contributed by atoms with Crippen molar-refractivity contribution in [2.24, 2.45) is 0 Å². The molecule has 0 fully saturated rings. The van der Waals surface area contributed by atoms with E-state index in [-0.39, 0.29) is 88.5 Å². The molecule has 18 heteroatoms. The van der Waals surface area contributed by atoms with Crippen LogP contribution in [0.2, 0.25) is 0 Å². The zero-order valence-corrected chi connectivity index (χ0v) is 60.6. The number of carbonyl (C=O) groups is 3. The Labute approximate surface area is 633 Å². The summed E-state index contributed by atoms with van der Waals surface area (Å²) >= 11 is 0. The van der Waals surface area contributed by atoms with Crippen LogP contribution in [0.4, 0.5) is 0 Å². The van der Waals surface area contributed by atoms with E-state index in [1.54, 1.807) is 43.8 Å². The van der Waals surface area contributed by atoms with Crippen molar-refractivity contribution < 1.29 is 29.0 Å². The van der Waals surface area contributed by atoms with Gasteiger partial charge in [-0.25, -0.2) is 0 Å². The van der Waals surface area contributed by atoms with Gasteiger partial charge in [-0.2, -0.15) is 0 Å². The van der Waals surface area contributed by atoms with Crippen LogP contribution in [0.25, 0.3) is 0 Å². The largest absolute Gasteiger partial charge is 0.502 e. The summed E-state index contributed by atoms with van der Waals surface area (Å²) < 4.78 is 17.5. The molecular formula is C91H85N9O9.